The summed E-state index contributed by atoms with van der Waals surface area (Å²) in [6, 6.07) is 7.64. The van der Waals surface area contributed by atoms with Crippen molar-refractivity contribution >= 4 is 29.3 Å². The monoisotopic (exact) mass is 444 g/mol. The second-order valence-electron chi connectivity index (χ2n) is 8.00. The lowest BCUT2D eigenvalue weighted by Gasteiger charge is -2.24. The first-order valence-corrected chi connectivity index (χ1v) is 11.9. The molecular formula is C22H33ClO5S. The summed E-state index contributed by atoms with van der Waals surface area (Å²) in [5.74, 6) is -0.205. The Balaban J connectivity index is 1.71. The number of hydrogen-bond donors (Lipinski definition) is 4. The van der Waals surface area contributed by atoms with Crippen LogP contribution in [0.1, 0.15) is 56.9 Å². The summed E-state index contributed by atoms with van der Waals surface area (Å²) in [6.45, 7) is 0. The first kappa shape index (κ1) is 24.5. The van der Waals surface area contributed by atoms with Gasteiger partial charge in [-0.15, -0.1) is 0 Å². The summed E-state index contributed by atoms with van der Waals surface area (Å²) in [6.07, 6.45) is 4.68. The van der Waals surface area contributed by atoms with Crippen LogP contribution in [0.2, 0.25) is 5.02 Å². The van der Waals surface area contributed by atoms with Crippen molar-refractivity contribution < 1.29 is 25.2 Å². The lowest BCUT2D eigenvalue weighted by atomic mass is 9.97. The number of aliphatic hydroxyl groups excluding tert-OH is 3. The van der Waals surface area contributed by atoms with Crippen molar-refractivity contribution in [2.45, 2.75) is 81.3 Å². The first-order chi connectivity index (χ1) is 13.9. The second-order valence-corrected chi connectivity index (χ2v) is 9.65. The number of thioether (sulfide) groups is 1. The average molecular weight is 445 g/mol. The average Bonchev–Trinajstić information content (AvgIpc) is 2.93. The van der Waals surface area contributed by atoms with Crippen molar-refractivity contribution in [3.63, 3.8) is 0 Å². The molecule has 5 nitrogen and oxygen atoms in total. The van der Waals surface area contributed by atoms with Crippen LogP contribution >= 0.6 is 23.4 Å². The van der Waals surface area contributed by atoms with Crippen molar-refractivity contribution in [2.75, 3.05) is 5.75 Å². The van der Waals surface area contributed by atoms with Gasteiger partial charge in [-0.1, -0.05) is 43.0 Å². The van der Waals surface area contributed by atoms with E-state index in [0.717, 1.165) is 37.7 Å². The van der Waals surface area contributed by atoms with E-state index < -0.39 is 24.3 Å². The van der Waals surface area contributed by atoms with Gasteiger partial charge in [0.05, 0.1) is 18.3 Å². The lowest BCUT2D eigenvalue weighted by Crippen LogP contribution is -2.27. The van der Waals surface area contributed by atoms with Crippen LogP contribution in [0.4, 0.5) is 0 Å². The fourth-order valence-electron chi connectivity index (χ4n) is 3.99. The number of rotatable bonds is 13. The van der Waals surface area contributed by atoms with Gasteiger partial charge in [0.2, 0.25) is 0 Å². The van der Waals surface area contributed by atoms with Crippen LogP contribution in [0.5, 0.6) is 0 Å². The molecule has 0 aliphatic heterocycles. The number of aliphatic hydroxyl groups is 3. The number of unbranched alkanes of at least 4 members (excludes halogenated alkanes) is 3. The molecule has 1 aliphatic rings. The van der Waals surface area contributed by atoms with E-state index in [1.54, 1.807) is 11.8 Å². The van der Waals surface area contributed by atoms with E-state index >= 15 is 0 Å². The molecule has 5 atom stereocenters. The summed E-state index contributed by atoms with van der Waals surface area (Å²) in [5.41, 5.74) is 1.10. The van der Waals surface area contributed by atoms with E-state index in [-0.39, 0.29) is 17.6 Å². The molecule has 7 heteroatoms. The Hall–Kier alpha value is -0.790. The maximum atomic E-state index is 10.5. The Morgan fingerprint density at radius 1 is 1.17 bits per heavy atom. The number of carbonyl (C=O) groups is 1. The summed E-state index contributed by atoms with van der Waals surface area (Å²) >= 11 is 7.55. The third kappa shape index (κ3) is 8.85. The van der Waals surface area contributed by atoms with E-state index in [1.807, 2.05) is 24.3 Å². The molecular weight excluding hydrogens is 412 g/mol. The fraction of sp³-hybridized carbons (Fsp3) is 0.682. The molecule has 0 amide bonds. The fourth-order valence-corrected chi connectivity index (χ4v) is 5.71. The highest BCUT2D eigenvalue weighted by Crippen LogP contribution is 2.39. The molecule has 3 unspecified atom stereocenters. The van der Waals surface area contributed by atoms with Crippen molar-refractivity contribution in [2.24, 2.45) is 5.92 Å². The van der Waals surface area contributed by atoms with Gasteiger partial charge >= 0.3 is 5.97 Å². The minimum atomic E-state index is -0.760. The second kappa shape index (κ2) is 12.8. The van der Waals surface area contributed by atoms with Gasteiger partial charge in [-0.05, 0) is 49.3 Å². The third-order valence-corrected chi connectivity index (χ3v) is 7.45. The maximum Gasteiger partial charge on any atom is 0.303 e. The zero-order chi connectivity index (χ0) is 21.2. The number of carboxylic acid groups (broad SMARTS) is 1. The summed E-state index contributed by atoms with van der Waals surface area (Å²) in [4.78, 5) is 10.5. The van der Waals surface area contributed by atoms with Crippen LogP contribution in [0.15, 0.2) is 24.3 Å². The van der Waals surface area contributed by atoms with E-state index in [9.17, 15) is 20.1 Å². The highest BCUT2D eigenvalue weighted by atomic mass is 35.5. The number of benzene rings is 1. The molecule has 1 saturated carbocycles. The molecule has 0 bridgehead atoms. The van der Waals surface area contributed by atoms with Gasteiger partial charge in [0.25, 0.3) is 0 Å². The van der Waals surface area contributed by atoms with Crippen molar-refractivity contribution in [3.05, 3.63) is 34.9 Å². The van der Waals surface area contributed by atoms with E-state index in [1.165, 1.54) is 0 Å². The van der Waals surface area contributed by atoms with Crippen LogP contribution < -0.4 is 0 Å². The van der Waals surface area contributed by atoms with Crippen molar-refractivity contribution in [1.82, 2.24) is 0 Å². The van der Waals surface area contributed by atoms with Crippen LogP contribution in [-0.2, 0) is 11.2 Å². The number of halogens is 1. The molecule has 1 aromatic carbocycles. The Labute approximate surface area is 182 Å². The van der Waals surface area contributed by atoms with Crippen molar-refractivity contribution in [3.8, 4) is 0 Å². The van der Waals surface area contributed by atoms with Gasteiger partial charge in [-0.25, -0.2) is 0 Å². The van der Waals surface area contributed by atoms with E-state index in [0.29, 0.717) is 30.0 Å². The molecule has 0 aromatic heterocycles. The molecule has 0 heterocycles. The minimum Gasteiger partial charge on any atom is -0.481 e. The van der Waals surface area contributed by atoms with Crippen LogP contribution in [0.25, 0.3) is 0 Å². The van der Waals surface area contributed by atoms with Crippen LogP contribution in [0, 0.1) is 5.92 Å². The Kier molecular flexibility index (Phi) is 10.8. The predicted molar refractivity (Wildman–Crippen MR) is 117 cm³/mol. The van der Waals surface area contributed by atoms with Gasteiger partial charge in [-0.2, -0.15) is 11.8 Å². The highest BCUT2D eigenvalue weighted by Gasteiger charge is 2.41. The molecule has 0 saturated heterocycles. The zero-order valence-corrected chi connectivity index (χ0v) is 18.3. The topological polar surface area (TPSA) is 98.0 Å². The molecule has 164 valence electrons. The summed E-state index contributed by atoms with van der Waals surface area (Å²) in [7, 11) is 0. The zero-order valence-electron chi connectivity index (χ0n) is 16.8. The quantitative estimate of drug-likeness (QED) is 0.344. The molecule has 1 aromatic rings. The van der Waals surface area contributed by atoms with Gasteiger partial charge in [-0.3, -0.25) is 4.79 Å². The summed E-state index contributed by atoms with van der Waals surface area (Å²) < 4.78 is 0. The van der Waals surface area contributed by atoms with Gasteiger partial charge in [0.15, 0.2) is 0 Å². The van der Waals surface area contributed by atoms with E-state index in [4.69, 9.17) is 16.7 Å². The Bertz CT molecular complexity index is 629. The lowest BCUT2D eigenvalue weighted by molar-refractivity contribution is -0.137. The molecule has 4 N–H and O–H groups in total. The van der Waals surface area contributed by atoms with Gasteiger partial charge in [0, 0.05) is 28.9 Å². The predicted octanol–water partition coefficient (Wildman–Crippen LogP) is 3.90. The molecule has 1 fully saturated rings. The number of hydrogen-bond acceptors (Lipinski definition) is 5. The number of aryl methyl sites for hydroxylation is 1. The SMILES string of the molecule is O=C(O)CCCCCC[C@H]1C(O)CC(O)[C@@H]1SCC(O)CCc1cccc(Cl)c1. The van der Waals surface area contributed by atoms with Gasteiger partial charge in [0.1, 0.15) is 0 Å². The smallest absolute Gasteiger partial charge is 0.303 e. The molecule has 0 radical (unpaired) electrons. The van der Waals surface area contributed by atoms with Crippen molar-refractivity contribution in [1.29, 1.82) is 0 Å². The normalized spacial score (nSPS) is 25.2. The van der Waals surface area contributed by atoms with Crippen LogP contribution in [0.3, 0.4) is 0 Å². The Morgan fingerprint density at radius 3 is 2.66 bits per heavy atom. The standard InChI is InChI=1S/C22H33ClO5S/c23-16-7-5-6-15(12-16)10-11-17(24)14-29-22-18(19(25)13-20(22)26)8-3-1-2-4-9-21(27)28/h5-7,12,17-20,22,24-26H,1-4,8-11,13-14H2,(H,27,28)/t17?,18-,19?,20?,22+/m0/s1. The van der Waals surface area contributed by atoms with E-state index in [2.05, 4.69) is 0 Å². The van der Waals surface area contributed by atoms with Gasteiger partial charge < -0.3 is 20.4 Å². The molecule has 29 heavy (non-hydrogen) atoms. The largest absolute Gasteiger partial charge is 0.481 e. The molecule has 2 rings (SSSR count). The maximum absolute atomic E-state index is 10.5. The number of carboxylic acids is 1. The minimum absolute atomic E-state index is 0.0228. The first-order valence-electron chi connectivity index (χ1n) is 10.5. The molecule has 0 spiro atoms. The van der Waals surface area contributed by atoms with Crippen LogP contribution in [-0.4, -0.2) is 55.7 Å². The molecule has 1 aliphatic carbocycles. The Morgan fingerprint density at radius 2 is 1.93 bits per heavy atom. The highest BCUT2D eigenvalue weighted by molar-refractivity contribution is 8.00. The number of aliphatic carboxylic acids is 1. The summed E-state index contributed by atoms with van der Waals surface area (Å²) in [5, 5.41) is 40.3. The third-order valence-electron chi connectivity index (χ3n) is 5.59.